The molecule has 2 aromatic rings. The van der Waals surface area contributed by atoms with Crippen LogP contribution in [0.1, 0.15) is 23.6 Å². The predicted octanol–water partition coefficient (Wildman–Crippen LogP) is 3.28. The van der Waals surface area contributed by atoms with Crippen LogP contribution >= 0.6 is 11.6 Å². The fourth-order valence-corrected chi connectivity index (χ4v) is 3.36. The van der Waals surface area contributed by atoms with Crippen molar-refractivity contribution in [3.63, 3.8) is 0 Å². The molecule has 0 bridgehead atoms. The molecule has 8 heteroatoms. The number of rotatable bonds is 7. The summed E-state index contributed by atoms with van der Waals surface area (Å²) in [4.78, 5) is 12.5. The van der Waals surface area contributed by atoms with Gasteiger partial charge in [-0.15, -0.1) is 0 Å². The molecule has 0 aromatic heterocycles. The van der Waals surface area contributed by atoms with Crippen LogP contribution < -0.4 is 14.8 Å². The van der Waals surface area contributed by atoms with Gasteiger partial charge in [-0.1, -0.05) is 29.8 Å². The standard InChI is InChI=1S/C18H21ClN2O4S/c1-12-15(19)5-4-6-16(12)20-18(22)11-17(21-26(3,23)24)13-7-9-14(25-2)10-8-13/h4-10,17,21H,11H2,1-3H3,(H,20,22)/t17-/m0/s1. The summed E-state index contributed by atoms with van der Waals surface area (Å²) in [5.74, 6) is 0.318. The average Bonchev–Trinajstić information content (AvgIpc) is 2.57. The second-order valence-corrected chi connectivity index (χ2v) is 8.07. The molecule has 2 aromatic carbocycles. The maximum absolute atomic E-state index is 12.5. The summed E-state index contributed by atoms with van der Waals surface area (Å²) in [7, 11) is -1.96. The first-order chi connectivity index (χ1) is 12.2. The highest BCUT2D eigenvalue weighted by atomic mass is 35.5. The zero-order valence-corrected chi connectivity index (χ0v) is 16.3. The topological polar surface area (TPSA) is 84.5 Å². The van der Waals surface area contributed by atoms with E-state index in [9.17, 15) is 13.2 Å². The Morgan fingerprint density at radius 1 is 1.19 bits per heavy atom. The Kier molecular flexibility index (Phi) is 6.63. The normalized spacial score (nSPS) is 12.5. The Morgan fingerprint density at radius 2 is 1.85 bits per heavy atom. The van der Waals surface area contributed by atoms with Gasteiger partial charge < -0.3 is 10.1 Å². The van der Waals surface area contributed by atoms with Gasteiger partial charge in [-0.05, 0) is 42.3 Å². The largest absolute Gasteiger partial charge is 0.497 e. The first-order valence-electron chi connectivity index (χ1n) is 7.86. The molecular formula is C18H21ClN2O4S. The van der Waals surface area contributed by atoms with Gasteiger partial charge in [0.2, 0.25) is 15.9 Å². The smallest absolute Gasteiger partial charge is 0.226 e. The molecule has 26 heavy (non-hydrogen) atoms. The van der Waals surface area contributed by atoms with E-state index in [-0.39, 0.29) is 12.3 Å². The first kappa shape index (κ1) is 20.2. The molecule has 0 aliphatic rings. The summed E-state index contributed by atoms with van der Waals surface area (Å²) in [5, 5.41) is 3.32. The lowest BCUT2D eigenvalue weighted by Gasteiger charge is -2.18. The van der Waals surface area contributed by atoms with Gasteiger partial charge in [-0.25, -0.2) is 13.1 Å². The highest BCUT2D eigenvalue weighted by Gasteiger charge is 2.20. The lowest BCUT2D eigenvalue weighted by atomic mass is 10.0. The first-order valence-corrected chi connectivity index (χ1v) is 10.1. The third-order valence-electron chi connectivity index (χ3n) is 3.81. The van der Waals surface area contributed by atoms with E-state index in [2.05, 4.69) is 10.0 Å². The van der Waals surface area contributed by atoms with Gasteiger partial charge in [0, 0.05) is 17.1 Å². The molecule has 0 spiro atoms. The van der Waals surface area contributed by atoms with Crippen molar-refractivity contribution >= 4 is 33.2 Å². The van der Waals surface area contributed by atoms with Crippen LogP contribution in [0.15, 0.2) is 42.5 Å². The molecule has 2 rings (SSSR count). The third kappa shape index (κ3) is 5.72. The van der Waals surface area contributed by atoms with Crippen LogP contribution in [0.5, 0.6) is 5.75 Å². The second-order valence-electron chi connectivity index (χ2n) is 5.88. The number of anilines is 1. The minimum atomic E-state index is -3.50. The quantitative estimate of drug-likeness (QED) is 0.752. The van der Waals surface area contributed by atoms with E-state index in [1.54, 1.807) is 56.5 Å². The van der Waals surface area contributed by atoms with Crippen molar-refractivity contribution in [3.05, 3.63) is 58.6 Å². The van der Waals surface area contributed by atoms with Crippen LogP contribution in [-0.2, 0) is 14.8 Å². The Hall–Kier alpha value is -2.09. The SMILES string of the molecule is COc1ccc([C@H](CC(=O)Nc2cccc(Cl)c2C)NS(C)(=O)=O)cc1. The monoisotopic (exact) mass is 396 g/mol. The van der Waals surface area contributed by atoms with Gasteiger partial charge in [-0.2, -0.15) is 0 Å². The predicted molar refractivity (Wildman–Crippen MR) is 103 cm³/mol. The Balaban J connectivity index is 2.19. The van der Waals surface area contributed by atoms with E-state index >= 15 is 0 Å². The van der Waals surface area contributed by atoms with E-state index in [1.807, 2.05) is 0 Å². The van der Waals surface area contributed by atoms with Gasteiger partial charge in [-0.3, -0.25) is 4.79 Å². The summed E-state index contributed by atoms with van der Waals surface area (Å²) in [6.07, 6.45) is 0.994. The van der Waals surface area contributed by atoms with Crippen LogP contribution in [0.2, 0.25) is 5.02 Å². The van der Waals surface area contributed by atoms with Crippen molar-refractivity contribution in [1.29, 1.82) is 0 Å². The Bertz CT molecular complexity index is 883. The molecule has 140 valence electrons. The lowest BCUT2D eigenvalue weighted by molar-refractivity contribution is -0.116. The van der Waals surface area contributed by atoms with Crippen molar-refractivity contribution in [2.75, 3.05) is 18.7 Å². The Labute approximate surface area is 158 Å². The van der Waals surface area contributed by atoms with E-state index in [0.717, 1.165) is 11.8 Å². The fourth-order valence-electron chi connectivity index (χ4n) is 2.45. The molecule has 0 saturated heterocycles. The minimum Gasteiger partial charge on any atom is -0.497 e. The number of amides is 1. The summed E-state index contributed by atoms with van der Waals surface area (Å²) < 4.78 is 31.0. The number of hydrogen-bond acceptors (Lipinski definition) is 4. The molecule has 1 atom stereocenters. The highest BCUT2D eigenvalue weighted by Crippen LogP contribution is 2.25. The van der Waals surface area contributed by atoms with E-state index in [0.29, 0.717) is 22.0 Å². The molecule has 1 amide bonds. The van der Waals surface area contributed by atoms with Gasteiger partial charge in [0.25, 0.3) is 0 Å². The van der Waals surface area contributed by atoms with E-state index in [1.165, 1.54) is 0 Å². The summed E-state index contributed by atoms with van der Waals surface area (Å²) >= 11 is 6.06. The maximum Gasteiger partial charge on any atom is 0.226 e. The molecule has 0 aliphatic carbocycles. The summed E-state index contributed by atoms with van der Waals surface area (Å²) in [5.41, 5.74) is 2.00. The molecule has 0 fully saturated rings. The van der Waals surface area contributed by atoms with Crippen molar-refractivity contribution in [2.45, 2.75) is 19.4 Å². The highest BCUT2D eigenvalue weighted by molar-refractivity contribution is 7.88. The molecule has 0 radical (unpaired) electrons. The van der Waals surface area contributed by atoms with Crippen LogP contribution in [0.4, 0.5) is 5.69 Å². The number of sulfonamides is 1. The van der Waals surface area contributed by atoms with Crippen molar-refractivity contribution < 1.29 is 17.9 Å². The second kappa shape index (κ2) is 8.53. The van der Waals surface area contributed by atoms with Crippen LogP contribution in [0, 0.1) is 6.92 Å². The molecule has 2 N–H and O–H groups in total. The number of benzene rings is 2. The number of methoxy groups -OCH3 is 1. The third-order valence-corrected chi connectivity index (χ3v) is 4.93. The molecular weight excluding hydrogens is 376 g/mol. The van der Waals surface area contributed by atoms with Crippen molar-refractivity contribution in [3.8, 4) is 5.75 Å². The van der Waals surface area contributed by atoms with Crippen LogP contribution in [0.3, 0.4) is 0 Å². The molecule has 0 heterocycles. The number of carbonyl (C=O) groups is 1. The number of hydrogen-bond donors (Lipinski definition) is 2. The number of ether oxygens (including phenoxy) is 1. The van der Waals surface area contributed by atoms with Crippen molar-refractivity contribution in [1.82, 2.24) is 4.72 Å². The summed E-state index contributed by atoms with van der Waals surface area (Å²) in [6, 6.07) is 11.4. The number of nitrogens with one attached hydrogen (secondary N) is 2. The van der Waals surface area contributed by atoms with E-state index < -0.39 is 16.1 Å². The number of halogens is 1. The van der Waals surface area contributed by atoms with Gasteiger partial charge in [0.1, 0.15) is 5.75 Å². The average molecular weight is 397 g/mol. The van der Waals surface area contributed by atoms with Crippen LogP contribution in [-0.4, -0.2) is 27.7 Å². The summed E-state index contributed by atoms with van der Waals surface area (Å²) in [6.45, 7) is 1.80. The molecule has 0 saturated carbocycles. The van der Waals surface area contributed by atoms with Gasteiger partial charge in [0.15, 0.2) is 0 Å². The Morgan fingerprint density at radius 3 is 2.42 bits per heavy atom. The zero-order valence-electron chi connectivity index (χ0n) is 14.7. The van der Waals surface area contributed by atoms with Gasteiger partial charge in [0.05, 0.1) is 19.4 Å². The van der Waals surface area contributed by atoms with Crippen LogP contribution in [0.25, 0.3) is 0 Å². The van der Waals surface area contributed by atoms with Gasteiger partial charge >= 0.3 is 0 Å². The van der Waals surface area contributed by atoms with E-state index in [4.69, 9.17) is 16.3 Å². The number of carbonyl (C=O) groups excluding carboxylic acids is 1. The zero-order chi connectivity index (χ0) is 19.3. The molecule has 6 nitrogen and oxygen atoms in total. The molecule has 0 unspecified atom stereocenters. The fraction of sp³-hybridized carbons (Fsp3) is 0.278. The lowest BCUT2D eigenvalue weighted by Crippen LogP contribution is -2.30. The molecule has 0 aliphatic heterocycles. The minimum absolute atomic E-state index is 0.0641. The van der Waals surface area contributed by atoms with Crippen molar-refractivity contribution in [2.24, 2.45) is 0 Å². The maximum atomic E-state index is 12.5.